The number of thioether (sulfide) groups is 1. The summed E-state index contributed by atoms with van der Waals surface area (Å²) < 4.78 is 5.25. The Labute approximate surface area is 94.8 Å². The molecule has 1 aromatic carbocycles. The van der Waals surface area contributed by atoms with Crippen LogP contribution in [0.25, 0.3) is 0 Å². The Hall–Kier alpha value is -0.180. The van der Waals surface area contributed by atoms with Gasteiger partial charge in [-0.3, -0.25) is 0 Å². The van der Waals surface area contributed by atoms with Gasteiger partial charge in [0.1, 0.15) is 0 Å². The van der Waals surface area contributed by atoms with Gasteiger partial charge in [-0.2, -0.15) is 11.8 Å². The van der Waals surface area contributed by atoms with Crippen LogP contribution < -0.4 is 0 Å². The van der Waals surface area contributed by atoms with Gasteiger partial charge >= 0.3 is 0 Å². The molecule has 0 fully saturated rings. The molecule has 1 rings (SSSR count). The second kappa shape index (κ2) is 7.16. The number of rotatable bonds is 6. The third-order valence-corrected chi connectivity index (χ3v) is 3.00. The summed E-state index contributed by atoms with van der Waals surface area (Å²) in [4.78, 5) is 0. The molecule has 0 saturated heterocycles. The first-order valence-electron chi connectivity index (χ1n) is 4.73. The third kappa shape index (κ3) is 4.89. The highest BCUT2D eigenvalue weighted by Crippen LogP contribution is 2.15. The van der Waals surface area contributed by atoms with Crippen molar-refractivity contribution in [2.45, 2.75) is 12.7 Å². The van der Waals surface area contributed by atoms with Crippen LogP contribution in [0.3, 0.4) is 0 Å². The smallest absolute Gasteiger partial charge is 0.0556 e. The quantitative estimate of drug-likeness (QED) is 0.691. The molecule has 0 unspecified atom stereocenters. The third-order valence-electron chi connectivity index (χ3n) is 1.76. The number of benzene rings is 1. The minimum atomic E-state index is 0.799. The van der Waals surface area contributed by atoms with Gasteiger partial charge in [-0.1, -0.05) is 23.7 Å². The lowest BCUT2D eigenvalue weighted by molar-refractivity contribution is 0.164. The molecule has 0 spiro atoms. The van der Waals surface area contributed by atoms with Crippen molar-refractivity contribution in [3.8, 4) is 0 Å². The summed E-state index contributed by atoms with van der Waals surface area (Å²) in [5.74, 6) is 2.08. The second-order valence-corrected chi connectivity index (χ2v) is 4.42. The SMILES string of the molecule is CCOCCSCc1ccc(Cl)cc1. The van der Waals surface area contributed by atoms with Crippen molar-refractivity contribution >= 4 is 23.4 Å². The first kappa shape index (κ1) is 11.9. The molecular weight excluding hydrogens is 216 g/mol. The molecule has 0 aliphatic heterocycles. The maximum atomic E-state index is 5.79. The van der Waals surface area contributed by atoms with Crippen LogP contribution in [0.1, 0.15) is 12.5 Å². The molecule has 3 heteroatoms. The van der Waals surface area contributed by atoms with Gasteiger partial charge in [0, 0.05) is 23.1 Å². The van der Waals surface area contributed by atoms with Crippen LogP contribution >= 0.6 is 23.4 Å². The summed E-state index contributed by atoms with van der Waals surface area (Å²) in [5.41, 5.74) is 1.32. The van der Waals surface area contributed by atoms with E-state index < -0.39 is 0 Å². The number of hydrogen-bond acceptors (Lipinski definition) is 2. The molecule has 0 saturated carbocycles. The van der Waals surface area contributed by atoms with Crippen LogP contribution in [0.15, 0.2) is 24.3 Å². The van der Waals surface area contributed by atoms with Gasteiger partial charge in [-0.05, 0) is 24.6 Å². The monoisotopic (exact) mass is 230 g/mol. The van der Waals surface area contributed by atoms with E-state index in [1.807, 2.05) is 30.8 Å². The van der Waals surface area contributed by atoms with Gasteiger partial charge in [0.2, 0.25) is 0 Å². The van der Waals surface area contributed by atoms with E-state index in [1.54, 1.807) is 0 Å². The zero-order chi connectivity index (χ0) is 10.2. The van der Waals surface area contributed by atoms with Crippen LogP contribution in [-0.2, 0) is 10.5 Å². The molecule has 14 heavy (non-hydrogen) atoms. The lowest BCUT2D eigenvalue weighted by Crippen LogP contribution is -1.96. The molecule has 0 heterocycles. The average molecular weight is 231 g/mol. The molecule has 0 radical (unpaired) electrons. The molecule has 0 aliphatic carbocycles. The minimum Gasteiger partial charge on any atom is -0.381 e. The fourth-order valence-corrected chi connectivity index (χ4v) is 1.97. The Morgan fingerprint density at radius 1 is 1.29 bits per heavy atom. The maximum Gasteiger partial charge on any atom is 0.0556 e. The number of halogens is 1. The van der Waals surface area contributed by atoms with E-state index in [1.165, 1.54) is 5.56 Å². The van der Waals surface area contributed by atoms with E-state index in [0.717, 1.165) is 29.7 Å². The van der Waals surface area contributed by atoms with E-state index in [2.05, 4.69) is 12.1 Å². The molecule has 0 atom stereocenters. The molecule has 0 amide bonds. The Morgan fingerprint density at radius 2 is 2.00 bits per heavy atom. The fraction of sp³-hybridized carbons (Fsp3) is 0.455. The molecule has 0 aliphatic rings. The standard InChI is InChI=1S/C11H15ClOS/c1-2-13-7-8-14-9-10-3-5-11(12)6-4-10/h3-6H,2,7-9H2,1H3. The minimum absolute atomic E-state index is 0.799. The molecule has 1 aromatic rings. The molecule has 1 nitrogen and oxygen atoms in total. The highest BCUT2D eigenvalue weighted by molar-refractivity contribution is 7.98. The maximum absolute atomic E-state index is 5.79. The summed E-state index contributed by atoms with van der Waals surface area (Å²) in [6.45, 7) is 3.67. The average Bonchev–Trinajstić information content (AvgIpc) is 2.21. The van der Waals surface area contributed by atoms with Crippen molar-refractivity contribution < 1.29 is 4.74 Å². The second-order valence-electron chi connectivity index (χ2n) is 2.88. The summed E-state index contributed by atoms with van der Waals surface area (Å²) in [6, 6.07) is 7.99. The molecule has 0 bridgehead atoms. The topological polar surface area (TPSA) is 9.23 Å². The van der Waals surface area contributed by atoms with Crippen molar-refractivity contribution in [3.05, 3.63) is 34.9 Å². The van der Waals surface area contributed by atoms with Crippen molar-refractivity contribution in [1.82, 2.24) is 0 Å². The van der Waals surface area contributed by atoms with Crippen LogP contribution in [0, 0.1) is 0 Å². The lowest BCUT2D eigenvalue weighted by atomic mass is 10.2. The highest BCUT2D eigenvalue weighted by Gasteiger charge is 1.93. The van der Waals surface area contributed by atoms with Crippen molar-refractivity contribution in [3.63, 3.8) is 0 Å². The van der Waals surface area contributed by atoms with E-state index >= 15 is 0 Å². The molecule has 0 aromatic heterocycles. The van der Waals surface area contributed by atoms with Crippen LogP contribution in [0.4, 0.5) is 0 Å². The van der Waals surface area contributed by atoms with E-state index in [-0.39, 0.29) is 0 Å². The van der Waals surface area contributed by atoms with Gasteiger partial charge in [0.15, 0.2) is 0 Å². The lowest BCUT2D eigenvalue weighted by Gasteiger charge is -2.02. The van der Waals surface area contributed by atoms with Gasteiger partial charge in [-0.15, -0.1) is 0 Å². The Kier molecular flexibility index (Phi) is 6.08. The highest BCUT2D eigenvalue weighted by atomic mass is 35.5. The zero-order valence-electron chi connectivity index (χ0n) is 8.33. The fourth-order valence-electron chi connectivity index (χ4n) is 1.03. The van der Waals surface area contributed by atoms with Crippen LogP contribution in [-0.4, -0.2) is 19.0 Å². The van der Waals surface area contributed by atoms with Crippen molar-refractivity contribution in [1.29, 1.82) is 0 Å². The largest absolute Gasteiger partial charge is 0.381 e. The molecular formula is C11H15ClOS. The normalized spacial score (nSPS) is 10.4. The van der Waals surface area contributed by atoms with Crippen LogP contribution in [0.5, 0.6) is 0 Å². The number of hydrogen-bond donors (Lipinski definition) is 0. The molecule has 78 valence electrons. The summed E-state index contributed by atoms with van der Waals surface area (Å²) in [6.07, 6.45) is 0. The van der Waals surface area contributed by atoms with Gasteiger partial charge < -0.3 is 4.74 Å². The predicted molar refractivity (Wildman–Crippen MR) is 64.1 cm³/mol. The van der Waals surface area contributed by atoms with Gasteiger partial charge in [0.05, 0.1) is 6.61 Å². The van der Waals surface area contributed by atoms with Gasteiger partial charge in [0.25, 0.3) is 0 Å². The Balaban J connectivity index is 2.15. The van der Waals surface area contributed by atoms with E-state index in [0.29, 0.717) is 0 Å². The predicted octanol–water partition coefficient (Wildman–Crippen LogP) is 3.61. The van der Waals surface area contributed by atoms with Gasteiger partial charge in [-0.25, -0.2) is 0 Å². The molecule has 0 N–H and O–H groups in total. The van der Waals surface area contributed by atoms with Crippen molar-refractivity contribution in [2.75, 3.05) is 19.0 Å². The Morgan fingerprint density at radius 3 is 2.64 bits per heavy atom. The van der Waals surface area contributed by atoms with E-state index in [4.69, 9.17) is 16.3 Å². The number of ether oxygens (including phenoxy) is 1. The summed E-state index contributed by atoms with van der Waals surface area (Å²) in [7, 11) is 0. The first-order chi connectivity index (χ1) is 6.83. The van der Waals surface area contributed by atoms with Crippen LogP contribution in [0.2, 0.25) is 5.02 Å². The van der Waals surface area contributed by atoms with E-state index in [9.17, 15) is 0 Å². The summed E-state index contributed by atoms with van der Waals surface area (Å²) in [5, 5.41) is 0.799. The van der Waals surface area contributed by atoms with Crippen molar-refractivity contribution in [2.24, 2.45) is 0 Å². The summed E-state index contributed by atoms with van der Waals surface area (Å²) >= 11 is 7.67. The Bertz CT molecular complexity index is 248. The first-order valence-corrected chi connectivity index (χ1v) is 6.26. The zero-order valence-corrected chi connectivity index (χ0v) is 9.90.